The Hall–Kier alpha value is -2.93. The third-order valence-electron chi connectivity index (χ3n) is 3.95. The number of hydrogen-bond acceptors (Lipinski definition) is 6. The lowest BCUT2D eigenvalue weighted by molar-refractivity contribution is 0.317. The first-order valence-corrected chi connectivity index (χ1v) is 7.96. The maximum Gasteiger partial charge on any atom is 0.252 e. The van der Waals surface area contributed by atoms with Crippen LogP contribution < -0.4 is 15.6 Å². The van der Waals surface area contributed by atoms with Crippen molar-refractivity contribution in [2.75, 3.05) is 26.5 Å². The summed E-state index contributed by atoms with van der Waals surface area (Å²) in [6.07, 6.45) is 3.57. The third kappa shape index (κ3) is 3.95. The molecule has 130 valence electrons. The summed E-state index contributed by atoms with van der Waals surface area (Å²) in [5, 5.41) is 3.84. The minimum Gasteiger partial charge on any atom is -0.497 e. The van der Waals surface area contributed by atoms with E-state index in [-0.39, 0.29) is 5.56 Å². The molecule has 3 aromatic rings. The standard InChI is InChI=1S/C18H21N5O2/c1-19-18-20-8-12(9-21-18)10-23(2)11-14-6-13-7-15(25-3)4-5-16(13)22-17(14)24/h4-9H,10-11H2,1-3H3,(H,22,24)(H,19,20,21). The summed E-state index contributed by atoms with van der Waals surface area (Å²) in [4.78, 5) is 25.7. The highest BCUT2D eigenvalue weighted by Gasteiger charge is 2.08. The van der Waals surface area contributed by atoms with Crippen LogP contribution in [-0.4, -0.2) is 41.1 Å². The smallest absolute Gasteiger partial charge is 0.252 e. The SMILES string of the molecule is CNc1ncc(CN(C)Cc2cc3cc(OC)ccc3[nH]c2=O)cn1. The number of aromatic nitrogens is 3. The molecule has 0 radical (unpaired) electrons. The van der Waals surface area contributed by atoms with Crippen molar-refractivity contribution < 1.29 is 4.74 Å². The minimum atomic E-state index is -0.0775. The van der Waals surface area contributed by atoms with E-state index in [1.54, 1.807) is 26.6 Å². The predicted octanol–water partition coefficient (Wildman–Crippen LogP) is 2.00. The van der Waals surface area contributed by atoms with Gasteiger partial charge in [-0.05, 0) is 31.3 Å². The highest BCUT2D eigenvalue weighted by atomic mass is 16.5. The zero-order valence-corrected chi connectivity index (χ0v) is 14.5. The van der Waals surface area contributed by atoms with Crippen LogP contribution in [0.15, 0.2) is 41.5 Å². The number of ether oxygens (including phenoxy) is 1. The van der Waals surface area contributed by atoms with Crippen LogP contribution in [0.1, 0.15) is 11.1 Å². The fourth-order valence-corrected chi connectivity index (χ4v) is 2.70. The number of fused-ring (bicyclic) bond motifs is 1. The Balaban J connectivity index is 1.78. The quantitative estimate of drug-likeness (QED) is 0.715. The first-order chi connectivity index (χ1) is 12.1. The number of aromatic amines is 1. The van der Waals surface area contributed by atoms with Crippen LogP contribution in [0.25, 0.3) is 10.9 Å². The number of nitrogens with one attached hydrogen (secondary N) is 2. The minimum absolute atomic E-state index is 0.0775. The molecule has 0 saturated heterocycles. The van der Waals surface area contributed by atoms with Crippen LogP contribution >= 0.6 is 0 Å². The van der Waals surface area contributed by atoms with E-state index < -0.39 is 0 Å². The van der Waals surface area contributed by atoms with Crippen LogP contribution in [0.5, 0.6) is 5.75 Å². The fourth-order valence-electron chi connectivity index (χ4n) is 2.70. The zero-order valence-electron chi connectivity index (χ0n) is 14.5. The highest BCUT2D eigenvalue weighted by molar-refractivity contribution is 5.80. The van der Waals surface area contributed by atoms with Crippen LogP contribution in [-0.2, 0) is 13.1 Å². The summed E-state index contributed by atoms with van der Waals surface area (Å²) >= 11 is 0. The predicted molar refractivity (Wildman–Crippen MR) is 97.9 cm³/mol. The molecule has 0 aliphatic carbocycles. The molecule has 0 saturated carbocycles. The number of pyridine rings is 1. The van der Waals surface area contributed by atoms with Crippen molar-refractivity contribution in [1.29, 1.82) is 0 Å². The summed E-state index contributed by atoms with van der Waals surface area (Å²) in [5.74, 6) is 1.35. The van der Waals surface area contributed by atoms with Crippen molar-refractivity contribution in [1.82, 2.24) is 19.9 Å². The van der Waals surface area contributed by atoms with Crippen LogP contribution in [0, 0.1) is 0 Å². The average molecular weight is 339 g/mol. The van der Waals surface area contributed by atoms with Gasteiger partial charge in [-0.25, -0.2) is 9.97 Å². The number of rotatable bonds is 6. The van der Waals surface area contributed by atoms with Gasteiger partial charge in [-0.1, -0.05) is 0 Å². The van der Waals surface area contributed by atoms with E-state index in [2.05, 4.69) is 20.3 Å². The number of methoxy groups -OCH3 is 1. The second kappa shape index (κ2) is 7.31. The third-order valence-corrected chi connectivity index (χ3v) is 3.95. The van der Waals surface area contributed by atoms with E-state index in [0.717, 1.165) is 22.2 Å². The summed E-state index contributed by atoms with van der Waals surface area (Å²) in [6, 6.07) is 7.51. The van der Waals surface area contributed by atoms with Crippen molar-refractivity contribution in [3.05, 3.63) is 58.1 Å². The molecule has 0 bridgehead atoms. The Kier molecular flexibility index (Phi) is 4.95. The monoisotopic (exact) mass is 339 g/mol. The molecule has 2 N–H and O–H groups in total. The first-order valence-electron chi connectivity index (χ1n) is 7.96. The summed E-state index contributed by atoms with van der Waals surface area (Å²) in [7, 11) is 5.37. The van der Waals surface area contributed by atoms with E-state index in [1.165, 1.54) is 0 Å². The van der Waals surface area contributed by atoms with Gasteiger partial charge >= 0.3 is 0 Å². The van der Waals surface area contributed by atoms with Crippen molar-refractivity contribution >= 4 is 16.9 Å². The summed E-state index contributed by atoms with van der Waals surface area (Å²) in [6.45, 7) is 1.18. The highest BCUT2D eigenvalue weighted by Crippen LogP contribution is 2.19. The first kappa shape index (κ1) is 16.9. The van der Waals surface area contributed by atoms with Crippen LogP contribution in [0.2, 0.25) is 0 Å². The van der Waals surface area contributed by atoms with Gasteiger partial charge in [-0.15, -0.1) is 0 Å². The summed E-state index contributed by atoms with van der Waals surface area (Å²) in [5.41, 5.74) is 2.41. The lowest BCUT2D eigenvalue weighted by Gasteiger charge is -2.16. The molecule has 0 amide bonds. The van der Waals surface area contributed by atoms with E-state index in [9.17, 15) is 4.79 Å². The van der Waals surface area contributed by atoms with Crippen LogP contribution in [0.4, 0.5) is 5.95 Å². The van der Waals surface area contributed by atoms with Crippen molar-refractivity contribution in [3.63, 3.8) is 0 Å². The lowest BCUT2D eigenvalue weighted by atomic mass is 10.1. The molecule has 0 unspecified atom stereocenters. The number of benzene rings is 1. The lowest BCUT2D eigenvalue weighted by Crippen LogP contribution is -2.23. The molecule has 0 spiro atoms. The Labute approximate surface area is 145 Å². The molecular formula is C18H21N5O2. The van der Waals surface area contributed by atoms with Gasteiger partial charge in [0.25, 0.3) is 5.56 Å². The fraction of sp³-hybridized carbons (Fsp3) is 0.278. The Bertz CT molecular complexity index is 921. The summed E-state index contributed by atoms with van der Waals surface area (Å²) < 4.78 is 5.25. The molecule has 1 aromatic carbocycles. The average Bonchev–Trinajstić information content (AvgIpc) is 2.62. The van der Waals surface area contributed by atoms with Gasteiger partial charge in [0.05, 0.1) is 7.11 Å². The molecule has 7 nitrogen and oxygen atoms in total. The second-order valence-electron chi connectivity index (χ2n) is 5.91. The van der Waals surface area contributed by atoms with Crippen molar-refractivity contribution in [2.24, 2.45) is 0 Å². The largest absolute Gasteiger partial charge is 0.497 e. The normalized spacial score (nSPS) is 11.0. The molecule has 2 heterocycles. The van der Waals surface area contributed by atoms with E-state index in [1.807, 2.05) is 36.2 Å². The molecule has 0 aliphatic heterocycles. The van der Waals surface area contributed by atoms with E-state index in [4.69, 9.17) is 4.74 Å². The molecular weight excluding hydrogens is 318 g/mol. The molecule has 3 rings (SSSR count). The van der Waals surface area contributed by atoms with Crippen LogP contribution in [0.3, 0.4) is 0 Å². The van der Waals surface area contributed by atoms with Gasteiger partial charge in [0.1, 0.15) is 5.75 Å². The van der Waals surface area contributed by atoms with Gasteiger partial charge < -0.3 is 15.0 Å². The molecule has 0 atom stereocenters. The van der Waals surface area contributed by atoms with Gasteiger partial charge in [0, 0.05) is 54.6 Å². The van der Waals surface area contributed by atoms with Gasteiger partial charge in [-0.3, -0.25) is 9.69 Å². The molecule has 0 aliphatic rings. The zero-order chi connectivity index (χ0) is 17.8. The topological polar surface area (TPSA) is 83.1 Å². The van der Waals surface area contributed by atoms with Gasteiger partial charge in [0.2, 0.25) is 5.95 Å². The second-order valence-corrected chi connectivity index (χ2v) is 5.91. The molecule has 2 aromatic heterocycles. The maximum absolute atomic E-state index is 12.3. The number of H-pyrrole nitrogens is 1. The number of nitrogens with zero attached hydrogens (tertiary/aromatic N) is 3. The van der Waals surface area contributed by atoms with Gasteiger partial charge in [0.15, 0.2) is 0 Å². The number of hydrogen-bond donors (Lipinski definition) is 2. The molecule has 0 fully saturated rings. The number of anilines is 1. The van der Waals surface area contributed by atoms with E-state index >= 15 is 0 Å². The molecule has 7 heteroatoms. The van der Waals surface area contributed by atoms with E-state index in [0.29, 0.717) is 24.6 Å². The Morgan fingerprint density at radius 2 is 1.96 bits per heavy atom. The molecule has 25 heavy (non-hydrogen) atoms. The maximum atomic E-state index is 12.3. The van der Waals surface area contributed by atoms with Crippen molar-refractivity contribution in [3.8, 4) is 5.75 Å². The Morgan fingerprint density at radius 3 is 2.64 bits per heavy atom. The van der Waals surface area contributed by atoms with Gasteiger partial charge in [-0.2, -0.15) is 0 Å². The Morgan fingerprint density at radius 1 is 1.20 bits per heavy atom. The van der Waals surface area contributed by atoms with Crippen molar-refractivity contribution in [2.45, 2.75) is 13.1 Å².